The van der Waals surface area contributed by atoms with Crippen molar-refractivity contribution in [3.63, 3.8) is 0 Å². The lowest BCUT2D eigenvalue weighted by molar-refractivity contribution is -0.117. The molecule has 0 aliphatic rings. The first-order valence-electron chi connectivity index (χ1n) is 4.40. The molecule has 0 aliphatic carbocycles. The minimum atomic E-state index is 0.299. The second-order valence-corrected chi connectivity index (χ2v) is 3.18. The number of carbonyl (C=O) groups is 1. The SMILES string of the molecule is CCC(=O)C/C=C/C(C)=C(C)C. The fourth-order valence-corrected chi connectivity index (χ4v) is 0.678. The van der Waals surface area contributed by atoms with Gasteiger partial charge in [0.25, 0.3) is 0 Å². The monoisotopic (exact) mass is 166 g/mol. The lowest BCUT2D eigenvalue weighted by Gasteiger charge is -1.94. The van der Waals surface area contributed by atoms with E-state index in [0.29, 0.717) is 18.6 Å². The first kappa shape index (κ1) is 11.2. The van der Waals surface area contributed by atoms with Gasteiger partial charge in [0, 0.05) is 12.8 Å². The molecule has 1 nitrogen and oxygen atoms in total. The van der Waals surface area contributed by atoms with E-state index in [9.17, 15) is 4.79 Å². The summed E-state index contributed by atoms with van der Waals surface area (Å²) in [4.78, 5) is 10.9. The van der Waals surface area contributed by atoms with E-state index in [-0.39, 0.29) is 0 Å². The van der Waals surface area contributed by atoms with Gasteiger partial charge in [-0.1, -0.05) is 30.2 Å². The normalized spacial score (nSPS) is 10.3. The van der Waals surface area contributed by atoms with Crippen LogP contribution in [0.25, 0.3) is 0 Å². The summed E-state index contributed by atoms with van der Waals surface area (Å²) in [6.07, 6.45) is 5.16. The van der Waals surface area contributed by atoms with Crippen LogP contribution < -0.4 is 0 Å². The second-order valence-electron chi connectivity index (χ2n) is 3.18. The van der Waals surface area contributed by atoms with Crippen LogP contribution in [0.3, 0.4) is 0 Å². The van der Waals surface area contributed by atoms with Gasteiger partial charge in [0.1, 0.15) is 5.78 Å². The highest BCUT2D eigenvalue weighted by Gasteiger charge is 1.92. The predicted octanol–water partition coefficient (Wildman–Crippen LogP) is 3.27. The quantitative estimate of drug-likeness (QED) is 0.586. The van der Waals surface area contributed by atoms with E-state index in [1.54, 1.807) is 0 Å². The molecule has 1 heteroatoms. The Morgan fingerprint density at radius 1 is 1.25 bits per heavy atom. The topological polar surface area (TPSA) is 17.1 Å². The molecule has 12 heavy (non-hydrogen) atoms. The summed E-state index contributed by atoms with van der Waals surface area (Å²) >= 11 is 0. The number of rotatable bonds is 4. The van der Waals surface area contributed by atoms with Gasteiger partial charge in [-0.3, -0.25) is 4.79 Å². The molecule has 0 heterocycles. The highest BCUT2D eigenvalue weighted by molar-refractivity contribution is 5.79. The Bertz CT molecular complexity index is 205. The minimum Gasteiger partial charge on any atom is -0.299 e. The van der Waals surface area contributed by atoms with Crippen molar-refractivity contribution in [3.8, 4) is 0 Å². The first-order chi connectivity index (χ1) is 5.57. The Kier molecular flexibility index (Phi) is 5.35. The number of Topliss-reactive ketones (excluding diaryl/α,β-unsaturated/α-hetero) is 1. The second kappa shape index (κ2) is 5.76. The van der Waals surface area contributed by atoms with Crippen molar-refractivity contribution in [2.45, 2.75) is 40.5 Å². The van der Waals surface area contributed by atoms with Crippen LogP contribution in [0.5, 0.6) is 0 Å². The maximum absolute atomic E-state index is 10.9. The van der Waals surface area contributed by atoms with E-state index < -0.39 is 0 Å². The molecule has 0 fully saturated rings. The van der Waals surface area contributed by atoms with Gasteiger partial charge in [0.05, 0.1) is 0 Å². The smallest absolute Gasteiger partial charge is 0.136 e. The Morgan fingerprint density at radius 2 is 1.83 bits per heavy atom. The highest BCUT2D eigenvalue weighted by atomic mass is 16.1. The molecule has 0 aliphatic heterocycles. The number of allylic oxidation sites excluding steroid dienone is 4. The molecule has 0 aromatic carbocycles. The van der Waals surface area contributed by atoms with Crippen LogP contribution in [0.15, 0.2) is 23.3 Å². The van der Waals surface area contributed by atoms with E-state index in [2.05, 4.69) is 20.8 Å². The molecular weight excluding hydrogens is 148 g/mol. The predicted molar refractivity (Wildman–Crippen MR) is 53.1 cm³/mol. The summed E-state index contributed by atoms with van der Waals surface area (Å²) in [5.74, 6) is 0.299. The Labute approximate surface area is 75.2 Å². The maximum Gasteiger partial charge on any atom is 0.136 e. The lowest BCUT2D eigenvalue weighted by Crippen LogP contribution is -1.90. The molecule has 0 aromatic heterocycles. The first-order valence-corrected chi connectivity index (χ1v) is 4.40. The van der Waals surface area contributed by atoms with Crippen LogP contribution >= 0.6 is 0 Å². The molecule has 0 unspecified atom stereocenters. The molecule has 0 atom stereocenters. The molecule has 0 rings (SSSR count). The van der Waals surface area contributed by atoms with E-state index in [1.165, 1.54) is 11.1 Å². The average Bonchev–Trinajstić information content (AvgIpc) is 2.03. The molecule has 0 aromatic rings. The summed E-state index contributed by atoms with van der Waals surface area (Å²) in [6, 6.07) is 0. The van der Waals surface area contributed by atoms with Crippen molar-refractivity contribution < 1.29 is 4.79 Å². The van der Waals surface area contributed by atoms with Crippen molar-refractivity contribution >= 4 is 5.78 Å². The maximum atomic E-state index is 10.9. The highest BCUT2D eigenvalue weighted by Crippen LogP contribution is 2.04. The van der Waals surface area contributed by atoms with E-state index >= 15 is 0 Å². The van der Waals surface area contributed by atoms with Gasteiger partial charge >= 0.3 is 0 Å². The minimum absolute atomic E-state index is 0.299. The fourth-order valence-electron chi connectivity index (χ4n) is 0.678. The van der Waals surface area contributed by atoms with Crippen LogP contribution in [0, 0.1) is 0 Å². The average molecular weight is 166 g/mol. The van der Waals surface area contributed by atoms with Crippen molar-refractivity contribution in [1.29, 1.82) is 0 Å². The van der Waals surface area contributed by atoms with Gasteiger partial charge in [-0.05, 0) is 20.8 Å². The summed E-state index contributed by atoms with van der Waals surface area (Å²) in [5, 5.41) is 0. The number of hydrogen-bond donors (Lipinski definition) is 0. The van der Waals surface area contributed by atoms with Crippen molar-refractivity contribution in [1.82, 2.24) is 0 Å². The van der Waals surface area contributed by atoms with Crippen LogP contribution in [-0.2, 0) is 4.79 Å². The Balaban J connectivity index is 3.93. The summed E-state index contributed by atoms with van der Waals surface area (Å²) in [7, 11) is 0. The number of hydrogen-bond acceptors (Lipinski definition) is 1. The number of carbonyl (C=O) groups excluding carboxylic acids is 1. The van der Waals surface area contributed by atoms with E-state index in [4.69, 9.17) is 0 Å². The van der Waals surface area contributed by atoms with Crippen LogP contribution in [0.1, 0.15) is 40.5 Å². The molecule has 0 saturated carbocycles. The molecule has 0 saturated heterocycles. The van der Waals surface area contributed by atoms with Crippen molar-refractivity contribution in [3.05, 3.63) is 23.3 Å². The molecule has 0 bridgehead atoms. The zero-order chi connectivity index (χ0) is 9.56. The van der Waals surface area contributed by atoms with E-state index in [1.807, 2.05) is 19.1 Å². The third-order valence-electron chi connectivity index (χ3n) is 1.90. The molecule has 0 N–H and O–H groups in total. The standard InChI is InChI=1S/C11H18O/c1-5-11(12)8-6-7-10(4)9(2)3/h6-7H,5,8H2,1-4H3/b7-6+. The largest absolute Gasteiger partial charge is 0.299 e. The van der Waals surface area contributed by atoms with Crippen LogP contribution in [0.2, 0.25) is 0 Å². The van der Waals surface area contributed by atoms with Gasteiger partial charge in [-0.15, -0.1) is 0 Å². The number of ketones is 1. The zero-order valence-corrected chi connectivity index (χ0v) is 8.48. The third kappa shape index (κ3) is 4.89. The molecular formula is C11H18O. The fraction of sp³-hybridized carbons (Fsp3) is 0.545. The molecule has 0 radical (unpaired) electrons. The van der Waals surface area contributed by atoms with Crippen LogP contribution in [-0.4, -0.2) is 5.78 Å². The summed E-state index contributed by atoms with van der Waals surface area (Å²) in [5.41, 5.74) is 2.55. The molecule has 68 valence electrons. The third-order valence-corrected chi connectivity index (χ3v) is 1.90. The van der Waals surface area contributed by atoms with Gasteiger partial charge in [0.2, 0.25) is 0 Å². The Morgan fingerprint density at radius 3 is 2.25 bits per heavy atom. The summed E-state index contributed by atoms with van der Waals surface area (Å²) < 4.78 is 0. The lowest BCUT2D eigenvalue weighted by atomic mass is 10.1. The Hall–Kier alpha value is -0.850. The van der Waals surface area contributed by atoms with Gasteiger partial charge in [0.15, 0.2) is 0 Å². The van der Waals surface area contributed by atoms with Gasteiger partial charge < -0.3 is 0 Å². The van der Waals surface area contributed by atoms with E-state index in [0.717, 1.165) is 0 Å². The summed E-state index contributed by atoms with van der Waals surface area (Å²) in [6.45, 7) is 8.09. The zero-order valence-electron chi connectivity index (χ0n) is 8.48. The van der Waals surface area contributed by atoms with Crippen LogP contribution in [0.4, 0.5) is 0 Å². The van der Waals surface area contributed by atoms with Gasteiger partial charge in [-0.25, -0.2) is 0 Å². The van der Waals surface area contributed by atoms with Crippen molar-refractivity contribution in [2.75, 3.05) is 0 Å². The van der Waals surface area contributed by atoms with Crippen molar-refractivity contribution in [2.24, 2.45) is 0 Å². The molecule has 0 amide bonds. The van der Waals surface area contributed by atoms with Gasteiger partial charge in [-0.2, -0.15) is 0 Å². The molecule has 0 spiro atoms.